The third-order valence-electron chi connectivity index (χ3n) is 2.63. The van der Waals surface area contributed by atoms with Gasteiger partial charge in [-0.2, -0.15) is 0 Å². The second kappa shape index (κ2) is 7.91. The molecule has 104 valence electrons. The van der Waals surface area contributed by atoms with Gasteiger partial charge in [-0.1, -0.05) is 17.8 Å². The van der Waals surface area contributed by atoms with Crippen molar-refractivity contribution in [1.29, 1.82) is 0 Å². The van der Waals surface area contributed by atoms with E-state index in [0.717, 1.165) is 17.9 Å². The van der Waals surface area contributed by atoms with Crippen LogP contribution < -0.4 is 0 Å². The van der Waals surface area contributed by atoms with Crippen molar-refractivity contribution in [3.05, 3.63) is 12.7 Å². The molecule has 0 spiro atoms. The average molecular weight is 275 g/mol. The largest absolute Gasteiger partial charge is 0.394 e. The van der Waals surface area contributed by atoms with Crippen LogP contribution in [0, 0.1) is 0 Å². The Hall–Kier alpha value is -0.400. The van der Waals surface area contributed by atoms with E-state index in [1.807, 2.05) is 6.08 Å². The van der Waals surface area contributed by atoms with E-state index in [9.17, 15) is 10.2 Å². The van der Waals surface area contributed by atoms with E-state index in [2.05, 4.69) is 11.6 Å². The third-order valence-corrected chi connectivity index (χ3v) is 3.76. The highest BCUT2D eigenvalue weighted by Gasteiger charge is 2.29. The van der Waals surface area contributed by atoms with Gasteiger partial charge in [-0.05, 0) is 19.8 Å². The summed E-state index contributed by atoms with van der Waals surface area (Å²) in [5, 5.41) is 29.1. The molecule has 0 aromatic carbocycles. The zero-order valence-electron chi connectivity index (χ0n) is 10.5. The van der Waals surface area contributed by atoms with Crippen LogP contribution in [0.2, 0.25) is 0 Å². The lowest BCUT2D eigenvalue weighted by molar-refractivity contribution is -0.107. The van der Waals surface area contributed by atoms with Gasteiger partial charge in [-0.15, -0.1) is 6.58 Å². The highest BCUT2D eigenvalue weighted by molar-refractivity contribution is 8.14. The Morgan fingerprint density at radius 1 is 1.61 bits per heavy atom. The van der Waals surface area contributed by atoms with E-state index < -0.39 is 18.3 Å². The van der Waals surface area contributed by atoms with E-state index in [0.29, 0.717) is 6.54 Å². The predicted molar refractivity (Wildman–Crippen MR) is 72.8 cm³/mol. The van der Waals surface area contributed by atoms with E-state index in [1.54, 1.807) is 0 Å². The molecule has 0 fully saturated rings. The van der Waals surface area contributed by atoms with E-state index in [1.165, 1.54) is 18.7 Å². The average Bonchev–Trinajstić information content (AvgIpc) is 2.80. The minimum atomic E-state index is -1.09. The number of aliphatic hydroxyl groups excluding tert-OH is 3. The molecule has 1 rings (SSSR count). The van der Waals surface area contributed by atoms with Gasteiger partial charge in [-0.25, -0.2) is 0 Å². The predicted octanol–water partition coefficient (Wildman–Crippen LogP) is 0.543. The molecule has 5 nitrogen and oxygen atoms in total. The second-order valence-corrected chi connectivity index (χ2v) is 5.43. The van der Waals surface area contributed by atoms with Crippen LogP contribution in [-0.2, 0) is 4.74 Å². The number of allylic oxidation sites excluding steroid dienone is 1. The number of rotatable bonds is 8. The van der Waals surface area contributed by atoms with Gasteiger partial charge in [0.05, 0.1) is 24.3 Å². The minimum absolute atomic E-state index is 0.199. The Kier molecular flexibility index (Phi) is 6.88. The molecule has 0 radical (unpaired) electrons. The normalized spacial score (nSPS) is 24.4. The first-order chi connectivity index (χ1) is 8.58. The summed E-state index contributed by atoms with van der Waals surface area (Å²) in [7, 11) is 0. The van der Waals surface area contributed by atoms with Crippen LogP contribution in [0.25, 0.3) is 0 Å². The summed E-state index contributed by atoms with van der Waals surface area (Å²) in [6.45, 7) is 5.30. The lowest BCUT2D eigenvalue weighted by atomic mass is 10.1. The Balaban J connectivity index is 2.37. The van der Waals surface area contributed by atoms with Crippen molar-refractivity contribution in [3.63, 3.8) is 0 Å². The van der Waals surface area contributed by atoms with Gasteiger partial charge in [0.25, 0.3) is 0 Å². The number of hydrogen-bond acceptors (Lipinski definition) is 6. The van der Waals surface area contributed by atoms with Gasteiger partial charge in [0.1, 0.15) is 17.6 Å². The van der Waals surface area contributed by atoms with Gasteiger partial charge in [-0.3, -0.25) is 4.99 Å². The monoisotopic (exact) mass is 275 g/mol. The molecule has 3 N–H and O–H groups in total. The molecule has 0 bridgehead atoms. The molecular formula is C12H21NO4S. The summed E-state index contributed by atoms with van der Waals surface area (Å²) in [4.78, 5) is 4.33. The van der Waals surface area contributed by atoms with Crippen molar-refractivity contribution in [2.75, 3.05) is 13.2 Å². The van der Waals surface area contributed by atoms with E-state index in [4.69, 9.17) is 9.84 Å². The van der Waals surface area contributed by atoms with Crippen molar-refractivity contribution < 1.29 is 20.1 Å². The van der Waals surface area contributed by atoms with Crippen LogP contribution in [0.1, 0.15) is 19.8 Å². The van der Waals surface area contributed by atoms with Gasteiger partial charge >= 0.3 is 0 Å². The molecule has 1 heterocycles. The molecular weight excluding hydrogens is 254 g/mol. The topological polar surface area (TPSA) is 82.3 Å². The third kappa shape index (κ3) is 4.70. The molecule has 0 saturated heterocycles. The quantitative estimate of drug-likeness (QED) is 0.563. The summed E-state index contributed by atoms with van der Waals surface area (Å²) in [5.41, 5.74) is -0.199. The van der Waals surface area contributed by atoms with Gasteiger partial charge < -0.3 is 20.1 Å². The molecule has 0 amide bonds. The van der Waals surface area contributed by atoms with Crippen LogP contribution in [0.5, 0.6) is 0 Å². The fraction of sp³-hybridized carbons (Fsp3) is 0.750. The molecule has 4 atom stereocenters. The van der Waals surface area contributed by atoms with Crippen molar-refractivity contribution in [3.8, 4) is 0 Å². The number of ether oxygens (including phenoxy) is 1. The summed E-state index contributed by atoms with van der Waals surface area (Å²) in [6.07, 6.45) is 0.749. The zero-order chi connectivity index (χ0) is 13.5. The van der Waals surface area contributed by atoms with Crippen molar-refractivity contribution >= 4 is 16.8 Å². The van der Waals surface area contributed by atoms with E-state index >= 15 is 0 Å². The molecule has 1 unspecified atom stereocenters. The molecule has 1 aliphatic heterocycles. The van der Waals surface area contributed by atoms with Crippen molar-refractivity contribution in [2.24, 2.45) is 4.99 Å². The fourth-order valence-electron chi connectivity index (χ4n) is 1.57. The van der Waals surface area contributed by atoms with Crippen LogP contribution in [0.4, 0.5) is 0 Å². The molecule has 0 aromatic heterocycles. The molecule has 18 heavy (non-hydrogen) atoms. The molecule has 0 saturated carbocycles. The maximum absolute atomic E-state index is 9.66. The number of nitrogens with zero attached hydrogens (tertiary/aromatic N) is 1. The summed E-state index contributed by atoms with van der Waals surface area (Å²) >= 11 is 1.50. The highest BCUT2D eigenvalue weighted by atomic mass is 32.2. The summed E-state index contributed by atoms with van der Waals surface area (Å²) in [5.74, 6) is 0. The first-order valence-corrected chi connectivity index (χ1v) is 6.89. The summed E-state index contributed by atoms with van der Waals surface area (Å²) < 4.78 is 5.56. The lowest BCUT2D eigenvalue weighted by Crippen LogP contribution is -2.41. The van der Waals surface area contributed by atoms with Crippen LogP contribution in [0.15, 0.2) is 17.6 Å². The summed E-state index contributed by atoms with van der Waals surface area (Å²) in [6, 6.07) is 0. The van der Waals surface area contributed by atoms with Crippen LogP contribution >= 0.6 is 11.8 Å². The molecule has 0 aliphatic carbocycles. The highest BCUT2D eigenvalue weighted by Crippen LogP contribution is 2.26. The Bertz CT molecular complexity index is 296. The second-order valence-electron chi connectivity index (χ2n) is 4.20. The van der Waals surface area contributed by atoms with Crippen molar-refractivity contribution in [2.45, 2.75) is 43.5 Å². The molecule has 6 heteroatoms. The standard InChI is InChI=1S/C12H21NO4S/c1-3-4-5-10-13-6-11(18-10)17-9(7-14)12(16)8(2)15/h3,8-9,11-12,14-16H,1,4-7H2,2H3/t8-,9-,11?,12+/m1/s1. The Morgan fingerprint density at radius 2 is 2.33 bits per heavy atom. The SMILES string of the molecule is C=CCCC1=NCC(O[C@H](CO)[C@@H](O)[C@@H](C)O)S1. The fourth-order valence-corrected chi connectivity index (χ4v) is 2.61. The van der Waals surface area contributed by atoms with Crippen molar-refractivity contribution in [1.82, 2.24) is 0 Å². The number of aliphatic hydroxyl groups is 3. The number of hydrogen-bond donors (Lipinski definition) is 3. The maximum atomic E-state index is 9.66. The van der Waals surface area contributed by atoms with Gasteiger partial charge in [0.2, 0.25) is 0 Å². The number of aliphatic imine (C=N–C) groups is 1. The van der Waals surface area contributed by atoms with Gasteiger partial charge in [0.15, 0.2) is 0 Å². The Labute approximate surface area is 112 Å². The lowest BCUT2D eigenvalue weighted by Gasteiger charge is -2.25. The van der Waals surface area contributed by atoms with Crippen LogP contribution in [-0.4, -0.2) is 57.3 Å². The Morgan fingerprint density at radius 3 is 2.89 bits per heavy atom. The van der Waals surface area contributed by atoms with Crippen LogP contribution in [0.3, 0.4) is 0 Å². The zero-order valence-corrected chi connectivity index (χ0v) is 11.3. The van der Waals surface area contributed by atoms with Gasteiger partial charge in [0, 0.05) is 0 Å². The minimum Gasteiger partial charge on any atom is -0.394 e. The smallest absolute Gasteiger partial charge is 0.128 e. The molecule has 1 aliphatic rings. The first-order valence-electron chi connectivity index (χ1n) is 6.01. The number of thioether (sulfide) groups is 1. The molecule has 0 aromatic rings. The maximum Gasteiger partial charge on any atom is 0.128 e. The van der Waals surface area contributed by atoms with E-state index in [-0.39, 0.29) is 12.0 Å². The first kappa shape index (κ1) is 15.7.